The van der Waals surface area contributed by atoms with Crippen LogP contribution in [0, 0.1) is 0 Å². The van der Waals surface area contributed by atoms with Gasteiger partial charge in [-0.3, -0.25) is 9.79 Å². The van der Waals surface area contributed by atoms with E-state index in [2.05, 4.69) is 23.1 Å². The Morgan fingerprint density at radius 3 is 3.00 bits per heavy atom. The second kappa shape index (κ2) is 5.54. The van der Waals surface area contributed by atoms with Crippen molar-refractivity contribution in [1.29, 1.82) is 0 Å². The standard InChI is InChI=1S/C12H12N2O/c1-3-4-5-10(2)14-9-11-8-12(15)6-7-13-11/h3-9H,1-2H2,(H,13,15)/b5-4-,14-9?. The maximum atomic E-state index is 11.0. The predicted molar refractivity (Wildman–Crippen MR) is 63.1 cm³/mol. The Morgan fingerprint density at radius 1 is 1.53 bits per heavy atom. The molecular weight excluding hydrogens is 188 g/mol. The number of rotatable bonds is 4. The van der Waals surface area contributed by atoms with E-state index in [0.29, 0.717) is 11.4 Å². The number of aromatic nitrogens is 1. The smallest absolute Gasteiger partial charge is 0.182 e. The van der Waals surface area contributed by atoms with Crippen LogP contribution in [0.4, 0.5) is 0 Å². The van der Waals surface area contributed by atoms with Crippen molar-refractivity contribution < 1.29 is 0 Å². The lowest BCUT2D eigenvalue weighted by Gasteiger charge is -1.91. The molecule has 0 aliphatic rings. The zero-order chi connectivity index (χ0) is 11.1. The Bertz CT molecular complexity index is 467. The topological polar surface area (TPSA) is 45.2 Å². The number of hydrogen-bond acceptors (Lipinski definition) is 2. The van der Waals surface area contributed by atoms with E-state index in [4.69, 9.17) is 0 Å². The molecule has 0 radical (unpaired) electrons. The first-order chi connectivity index (χ1) is 7.22. The number of nitrogens with zero attached hydrogens (tertiary/aromatic N) is 1. The van der Waals surface area contributed by atoms with Gasteiger partial charge in [0, 0.05) is 18.3 Å². The Balaban J connectivity index is 2.73. The minimum atomic E-state index is -0.0533. The number of pyridine rings is 1. The third-order valence-electron chi connectivity index (χ3n) is 1.59. The van der Waals surface area contributed by atoms with Crippen LogP contribution in [0.25, 0.3) is 0 Å². The van der Waals surface area contributed by atoms with Gasteiger partial charge in [-0.2, -0.15) is 0 Å². The molecule has 0 saturated heterocycles. The minimum Gasteiger partial charge on any atom is -0.360 e. The number of aromatic amines is 1. The molecule has 1 heterocycles. The molecule has 1 aromatic heterocycles. The van der Waals surface area contributed by atoms with Gasteiger partial charge in [-0.1, -0.05) is 25.3 Å². The third-order valence-corrected chi connectivity index (χ3v) is 1.59. The van der Waals surface area contributed by atoms with Gasteiger partial charge >= 0.3 is 0 Å². The molecule has 1 rings (SSSR count). The Labute approximate surface area is 88.2 Å². The zero-order valence-electron chi connectivity index (χ0n) is 8.31. The Kier molecular flexibility index (Phi) is 4.04. The van der Waals surface area contributed by atoms with Crippen molar-refractivity contribution in [2.45, 2.75) is 0 Å². The first kappa shape index (κ1) is 10.9. The summed E-state index contributed by atoms with van der Waals surface area (Å²) >= 11 is 0. The summed E-state index contributed by atoms with van der Waals surface area (Å²) in [6.45, 7) is 7.24. The fourth-order valence-electron chi connectivity index (χ4n) is 0.912. The highest BCUT2D eigenvalue weighted by molar-refractivity contribution is 5.77. The summed E-state index contributed by atoms with van der Waals surface area (Å²) in [5.74, 6) is 0. The number of nitrogens with one attached hydrogen (secondary N) is 1. The lowest BCUT2D eigenvalue weighted by molar-refractivity contribution is 1.27. The maximum Gasteiger partial charge on any atom is 0.182 e. The molecule has 0 spiro atoms. The zero-order valence-corrected chi connectivity index (χ0v) is 8.31. The summed E-state index contributed by atoms with van der Waals surface area (Å²) < 4.78 is 0. The lowest BCUT2D eigenvalue weighted by Crippen LogP contribution is -2.00. The molecule has 1 N–H and O–H groups in total. The fourth-order valence-corrected chi connectivity index (χ4v) is 0.912. The number of aliphatic imine (C=N–C) groups is 1. The largest absolute Gasteiger partial charge is 0.360 e. The molecule has 0 aromatic carbocycles. The summed E-state index contributed by atoms with van der Waals surface area (Å²) in [4.78, 5) is 17.9. The molecule has 1 aromatic rings. The van der Waals surface area contributed by atoms with Gasteiger partial charge in [-0.25, -0.2) is 0 Å². The highest BCUT2D eigenvalue weighted by Crippen LogP contribution is 1.95. The SMILES string of the molecule is C=C/C=C\C(=C)N=Cc1cc(=O)cc[nH]1. The predicted octanol–water partition coefficient (Wildman–Crippen LogP) is 2.05. The molecule has 0 atom stereocenters. The van der Waals surface area contributed by atoms with Crippen molar-refractivity contribution in [3.05, 3.63) is 71.3 Å². The van der Waals surface area contributed by atoms with E-state index >= 15 is 0 Å². The van der Waals surface area contributed by atoms with Crippen molar-refractivity contribution in [1.82, 2.24) is 4.98 Å². The van der Waals surface area contributed by atoms with Gasteiger partial charge in [0.1, 0.15) is 0 Å². The summed E-state index contributed by atoms with van der Waals surface area (Å²) in [6.07, 6.45) is 8.24. The summed E-state index contributed by atoms with van der Waals surface area (Å²) in [6, 6.07) is 2.91. The van der Waals surface area contributed by atoms with Crippen molar-refractivity contribution in [2.75, 3.05) is 0 Å². The summed E-state index contributed by atoms with van der Waals surface area (Å²) in [5.41, 5.74) is 1.19. The van der Waals surface area contributed by atoms with Gasteiger partial charge in [-0.05, 0) is 6.08 Å². The molecule has 0 fully saturated rings. The second-order valence-electron chi connectivity index (χ2n) is 2.82. The monoisotopic (exact) mass is 200 g/mol. The van der Waals surface area contributed by atoms with Crippen LogP contribution in [0.3, 0.4) is 0 Å². The van der Waals surface area contributed by atoms with Crippen LogP contribution in [0.15, 0.2) is 65.2 Å². The van der Waals surface area contributed by atoms with Gasteiger partial charge in [0.15, 0.2) is 5.43 Å². The van der Waals surface area contributed by atoms with Gasteiger partial charge in [0.05, 0.1) is 17.6 Å². The van der Waals surface area contributed by atoms with Crippen molar-refractivity contribution in [3.8, 4) is 0 Å². The average molecular weight is 200 g/mol. The highest BCUT2D eigenvalue weighted by Gasteiger charge is 1.88. The Hall–Kier alpha value is -2.16. The van der Waals surface area contributed by atoms with Gasteiger partial charge in [-0.15, -0.1) is 0 Å². The molecule has 0 saturated carbocycles. The van der Waals surface area contributed by atoms with E-state index in [1.165, 1.54) is 12.1 Å². The van der Waals surface area contributed by atoms with E-state index in [1.807, 2.05) is 0 Å². The maximum absolute atomic E-state index is 11.0. The van der Waals surface area contributed by atoms with E-state index in [-0.39, 0.29) is 5.43 Å². The van der Waals surface area contributed by atoms with E-state index in [9.17, 15) is 4.79 Å². The van der Waals surface area contributed by atoms with Crippen molar-refractivity contribution >= 4 is 6.21 Å². The molecule has 3 heteroatoms. The van der Waals surface area contributed by atoms with Crippen LogP contribution in [0.1, 0.15) is 5.69 Å². The molecule has 3 nitrogen and oxygen atoms in total. The van der Waals surface area contributed by atoms with Crippen molar-refractivity contribution in [3.63, 3.8) is 0 Å². The van der Waals surface area contributed by atoms with E-state index in [0.717, 1.165) is 0 Å². The van der Waals surface area contributed by atoms with Crippen LogP contribution in [0.2, 0.25) is 0 Å². The molecule has 0 unspecified atom stereocenters. The average Bonchev–Trinajstić information content (AvgIpc) is 2.23. The summed E-state index contributed by atoms with van der Waals surface area (Å²) in [7, 11) is 0. The molecule has 15 heavy (non-hydrogen) atoms. The lowest BCUT2D eigenvalue weighted by atomic mass is 10.3. The number of allylic oxidation sites excluding steroid dienone is 3. The molecule has 0 aliphatic carbocycles. The molecule has 0 aliphatic heterocycles. The van der Waals surface area contributed by atoms with Crippen LogP contribution < -0.4 is 5.43 Å². The minimum absolute atomic E-state index is 0.0533. The van der Waals surface area contributed by atoms with Crippen LogP contribution in [-0.4, -0.2) is 11.2 Å². The molecule has 76 valence electrons. The van der Waals surface area contributed by atoms with Crippen LogP contribution in [-0.2, 0) is 0 Å². The number of hydrogen-bond donors (Lipinski definition) is 1. The quantitative estimate of drug-likeness (QED) is 0.586. The van der Waals surface area contributed by atoms with Crippen molar-refractivity contribution in [2.24, 2.45) is 4.99 Å². The Morgan fingerprint density at radius 2 is 2.33 bits per heavy atom. The normalized spacial score (nSPS) is 10.9. The first-order valence-corrected chi connectivity index (χ1v) is 4.43. The first-order valence-electron chi connectivity index (χ1n) is 4.43. The van der Waals surface area contributed by atoms with Crippen LogP contribution in [0.5, 0.6) is 0 Å². The molecule has 0 amide bonds. The fraction of sp³-hybridized carbons (Fsp3) is 0. The number of H-pyrrole nitrogens is 1. The second-order valence-corrected chi connectivity index (χ2v) is 2.82. The van der Waals surface area contributed by atoms with Gasteiger partial charge in [0.25, 0.3) is 0 Å². The van der Waals surface area contributed by atoms with Gasteiger partial charge < -0.3 is 4.98 Å². The molecular formula is C12H12N2O. The van der Waals surface area contributed by atoms with E-state index < -0.39 is 0 Å². The van der Waals surface area contributed by atoms with E-state index in [1.54, 1.807) is 30.6 Å². The third kappa shape index (κ3) is 4.04. The highest BCUT2D eigenvalue weighted by atomic mass is 16.1. The summed E-state index contributed by atoms with van der Waals surface area (Å²) in [5, 5.41) is 0. The van der Waals surface area contributed by atoms with Crippen LogP contribution >= 0.6 is 0 Å². The molecule has 0 bridgehead atoms. The van der Waals surface area contributed by atoms with Gasteiger partial charge in [0.2, 0.25) is 0 Å².